The number of nitrogens with one attached hydrogen (secondary N) is 2. The lowest BCUT2D eigenvalue weighted by Gasteiger charge is -2.32. The Kier molecular flexibility index (Phi) is 7.42. The number of likely N-dealkylation sites (tertiary alicyclic amines) is 1. The van der Waals surface area contributed by atoms with Gasteiger partial charge in [0, 0.05) is 13.1 Å². The van der Waals surface area contributed by atoms with Gasteiger partial charge in [0.05, 0.1) is 22.7 Å². The number of carbonyl (C=O) groups is 2. The molecule has 2 amide bonds. The molecule has 1 fully saturated rings. The van der Waals surface area contributed by atoms with E-state index in [0.717, 1.165) is 24.9 Å². The SMILES string of the molecule is Cc1ccc(S(=O)(=O)NC[C@@H]2CCCN(CC(=O)Nc3ccccc3C(N)=O)C2)cc1. The third kappa shape index (κ3) is 6.36. The summed E-state index contributed by atoms with van der Waals surface area (Å²) in [6.07, 6.45) is 1.77. The first-order chi connectivity index (χ1) is 14.7. The number of nitrogens with zero attached hydrogens (tertiary/aromatic N) is 1. The van der Waals surface area contributed by atoms with Crippen LogP contribution in [-0.4, -0.2) is 51.3 Å². The van der Waals surface area contributed by atoms with Crippen LogP contribution in [0.25, 0.3) is 0 Å². The molecular weight excluding hydrogens is 416 g/mol. The van der Waals surface area contributed by atoms with Crippen molar-refractivity contribution in [1.82, 2.24) is 9.62 Å². The van der Waals surface area contributed by atoms with Crippen LogP contribution >= 0.6 is 0 Å². The van der Waals surface area contributed by atoms with Gasteiger partial charge in [-0.05, 0) is 56.5 Å². The standard InChI is InChI=1S/C22H28N4O4S/c1-16-8-10-18(11-9-16)31(29,30)24-13-17-5-4-12-26(14-17)15-21(27)25-20-7-3-2-6-19(20)22(23)28/h2-3,6-11,17,24H,4-5,12-15H2,1H3,(H2,23,28)(H,25,27)/t17-/m0/s1. The molecule has 0 aromatic heterocycles. The minimum absolute atomic E-state index is 0.111. The molecule has 31 heavy (non-hydrogen) atoms. The second kappa shape index (κ2) is 10.0. The number of benzene rings is 2. The van der Waals surface area contributed by atoms with Gasteiger partial charge in [0.15, 0.2) is 0 Å². The molecule has 0 unspecified atom stereocenters. The number of sulfonamides is 1. The van der Waals surface area contributed by atoms with E-state index in [1.807, 2.05) is 11.8 Å². The third-order valence-electron chi connectivity index (χ3n) is 5.33. The first-order valence-corrected chi connectivity index (χ1v) is 11.7. The summed E-state index contributed by atoms with van der Waals surface area (Å²) in [7, 11) is -3.56. The molecular formula is C22H28N4O4S. The quantitative estimate of drug-likeness (QED) is 0.572. The van der Waals surface area contributed by atoms with Gasteiger partial charge in [0.25, 0.3) is 5.91 Å². The number of carbonyl (C=O) groups excluding carboxylic acids is 2. The maximum absolute atomic E-state index is 12.5. The first kappa shape index (κ1) is 22.9. The second-order valence-electron chi connectivity index (χ2n) is 7.87. The lowest BCUT2D eigenvalue weighted by Crippen LogP contribution is -2.44. The van der Waals surface area contributed by atoms with Crippen molar-refractivity contribution >= 4 is 27.5 Å². The number of primary amides is 1. The maximum Gasteiger partial charge on any atom is 0.250 e. The zero-order chi connectivity index (χ0) is 22.4. The van der Waals surface area contributed by atoms with Crippen LogP contribution in [0.1, 0.15) is 28.8 Å². The van der Waals surface area contributed by atoms with Gasteiger partial charge >= 0.3 is 0 Å². The van der Waals surface area contributed by atoms with E-state index < -0.39 is 15.9 Å². The highest BCUT2D eigenvalue weighted by Gasteiger charge is 2.24. The second-order valence-corrected chi connectivity index (χ2v) is 9.63. The number of hydrogen-bond acceptors (Lipinski definition) is 5. The van der Waals surface area contributed by atoms with Gasteiger partial charge in [-0.15, -0.1) is 0 Å². The van der Waals surface area contributed by atoms with Crippen molar-refractivity contribution in [2.45, 2.75) is 24.7 Å². The van der Waals surface area contributed by atoms with Crippen LogP contribution in [0.5, 0.6) is 0 Å². The summed E-state index contributed by atoms with van der Waals surface area (Å²) < 4.78 is 27.7. The highest BCUT2D eigenvalue weighted by Crippen LogP contribution is 2.18. The Bertz CT molecular complexity index is 1040. The molecule has 3 rings (SSSR count). The van der Waals surface area contributed by atoms with Gasteiger partial charge in [0.2, 0.25) is 15.9 Å². The fraction of sp³-hybridized carbons (Fsp3) is 0.364. The summed E-state index contributed by atoms with van der Waals surface area (Å²) in [6.45, 7) is 3.75. The van der Waals surface area contributed by atoms with E-state index in [1.165, 1.54) is 0 Å². The van der Waals surface area contributed by atoms with E-state index in [4.69, 9.17) is 5.73 Å². The Labute approximate surface area is 182 Å². The van der Waals surface area contributed by atoms with Crippen molar-refractivity contribution in [2.24, 2.45) is 11.7 Å². The molecule has 0 bridgehead atoms. The smallest absolute Gasteiger partial charge is 0.250 e. The van der Waals surface area contributed by atoms with Gasteiger partial charge in [-0.2, -0.15) is 0 Å². The Morgan fingerprint density at radius 2 is 1.84 bits per heavy atom. The van der Waals surface area contributed by atoms with E-state index in [0.29, 0.717) is 18.8 Å². The minimum atomic E-state index is -3.56. The van der Waals surface area contributed by atoms with Gasteiger partial charge < -0.3 is 11.1 Å². The Morgan fingerprint density at radius 1 is 1.13 bits per heavy atom. The van der Waals surface area contributed by atoms with Gasteiger partial charge in [0.1, 0.15) is 0 Å². The van der Waals surface area contributed by atoms with E-state index >= 15 is 0 Å². The number of para-hydroxylation sites is 1. The molecule has 9 heteroatoms. The molecule has 4 N–H and O–H groups in total. The van der Waals surface area contributed by atoms with Crippen molar-refractivity contribution in [3.05, 3.63) is 59.7 Å². The largest absolute Gasteiger partial charge is 0.366 e. The number of hydrogen-bond donors (Lipinski definition) is 3. The fourth-order valence-corrected chi connectivity index (χ4v) is 4.81. The van der Waals surface area contributed by atoms with Crippen molar-refractivity contribution in [2.75, 3.05) is 31.5 Å². The van der Waals surface area contributed by atoms with Crippen molar-refractivity contribution in [3.63, 3.8) is 0 Å². The molecule has 2 aromatic carbocycles. The predicted molar refractivity (Wildman–Crippen MR) is 119 cm³/mol. The van der Waals surface area contributed by atoms with E-state index in [-0.39, 0.29) is 28.8 Å². The highest BCUT2D eigenvalue weighted by molar-refractivity contribution is 7.89. The molecule has 1 atom stereocenters. The van der Waals surface area contributed by atoms with Crippen molar-refractivity contribution in [3.8, 4) is 0 Å². The summed E-state index contributed by atoms with van der Waals surface area (Å²) >= 11 is 0. The number of anilines is 1. The molecule has 1 aliphatic heterocycles. The zero-order valence-corrected chi connectivity index (χ0v) is 18.3. The average molecular weight is 445 g/mol. The number of rotatable bonds is 8. The summed E-state index contributed by atoms with van der Waals surface area (Å²) in [5.74, 6) is -0.732. The lowest BCUT2D eigenvalue weighted by molar-refractivity contribution is -0.117. The fourth-order valence-electron chi connectivity index (χ4n) is 3.69. The van der Waals surface area contributed by atoms with E-state index in [1.54, 1.807) is 48.5 Å². The van der Waals surface area contributed by atoms with Crippen molar-refractivity contribution in [1.29, 1.82) is 0 Å². The predicted octanol–water partition coefficient (Wildman–Crippen LogP) is 1.72. The summed E-state index contributed by atoms with van der Waals surface area (Å²) in [4.78, 5) is 26.2. The molecule has 0 radical (unpaired) electrons. The molecule has 1 saturated heterocycles. The summed E-state index contributed by atoms with van der Waals surface area (Å²) in [5.41, 5.74) is 7.00. The zero-order valence-electron chi connectivity index (χ0n) is 17.5. The molecule has 1 aliphatic rings. The summed E-state index contributed by atoms with van der Waals surface area (Å²) in [5, 5.41) is 2.74. The normalized spacial score (nSPS) is 17.3. The van der Waals surface area contributed by atoms with E-state index in [2.05, 4.69) is 10.0 Å². The average Bonchev–Trinajstić information content (AvgIpc) is 2.73. The number of piperidine rings is 1. The molecule has 2 aromatic rings. The van der Waals surface area contributed by atoms with Gasteiger partial charge in [-0.3, -0.25) is 14.5 Å². The third-order valence-corrected chi connectivity index (χ3v) is 6.77. The Morgan fingerprint density at radius 3 is 2.55 bits per heavy atom. The van der Waals surface area contributed by atoms with Crippen LogP contribution in [-0.2, 0) is 14.8 Å². The molecule has 0 spiro atoms. The molecule has 1 heterocycles. The van der Waals surface area contributed by atoms with E-state index in [9.17, 15) is 18.0 Å². The van der Waals surface area contributed by atoms with Gasteiger partial charge in [-0.25, -0.2) is 13.1 Å². The lowest BCUT2D eigenvalue weighted by atomic mass is 9.98. The Balaban J connectivity index is 1.53. The molecule has 8 nitrogen and oxygen atoms in total. The maximum atomic E-state index is 12.5. The van der Waals surface area contributed by atoms with Crippen LogP contribution in [0.3, 0.4) is 0 Å². The van der Waals surface area contributed by atoms with Crippen LogP contribution < -0.4 is 15.8 Å². The monoisotopic (exact) mass is 444 g/mol. The van der Waals surface area contributed by atoms with Gasteiger partial charge in [-0.1, -0.05) is 29.8 Å². The number of amides is 2. The van der Waals surface area contributed by atoms with Crippen LogP contribution in [0.2, 0.25) is 0 Å². The molecule has 0 saturated carbocycles. The number of nitrogens with two attached hydrogens (primary N) is 1. The first-order valence-electron chi connectivity index (χ1n) is 10.2. The van der Waals surface area contributed by atoms with Crippen LogP contribution in [0.4, 0.5) is 5.69 Å². The topological polar surface area (TPSA) is 122 Å². The van der Waals surface area contributed by atoms with Crippen molar-refractivity contribution < 1.29 is 18.0 Å². The molecule has 166 valence electrons. The minimum Gasteiger partial charge on any atom is -0.366 e. The molecule has 0 aliphatic carbocycles. The van der Waals surface area contributed by atoms with Crippen LogP contribution in [0, 0.1) is 12.8 Å². The highest BCUT2D eigenvalue weighted by atomic mass is 32.2. The Hall–Kier alpha value is -2.75. The van der Waals surface area contributed by atoms with Crippen LogP contribution in [0.15, 0.2) is 53.4 Å². The number of aryl methyl sites for hydroxylation is 1. The summed E-state index contributed by atoms with van der Waals surface area (Å²) in [6, 6.07) is 13.3.